The van der Waals surface area contributed by atoms with E-state index in [0.29, 0.717) is 19.4 Å². The van der Waals surface area contributed by atoms with Gasteiger partial charge in [0, 0.05) is 18.5 Å². The minimum atomic E-state index is -0.588. The molecule has 25 heavy (non-hydrogen) atoms. The van der Waals surface area contributed by atoms with Crippen LogP contribution < -0.4 is 21.7 Å². The summed E-state index contributed by atoms with van der Waals surface area (Å²) in [5, 5.41) is 8.67. The molecular formula is C18H36N4O3. The molecule has 0 radical (unpaired) electrons. The number of nitrogens with one attached hydrogen (secondary N) is 3. The van der Waals surface area contributed by atoms with Gasteiger partial charge in [0.2, 0.25) is 5.91 Å². The highest BCUT2D eigenvalue weighted by Gasteiger charge is 2.29. The molecule has 0 aromatic heterocycles. The molecule has 0 fully saturated rings. The second-order valence-corrected chi connectivity index (χ2v) is 7.25. The van der Waals surface area contributed by atoms with Crippen molar-refractivity contribution in [3.63, 3.8) is 0 Å². The maximum atomic E-state index is 12.7. The van der Waals surface area contributed by atoms with Crippen LogP contribution in [0.5, 0.6) is 0 Å². The molecule has 0 aromatic rings. The Balaban J connectivity index is 4.96. The van der Waals surface area contributed by atoms with Crippen LogP contribution in [0.25, 0.3) is 0 Å². The van der Waals surface area contributed by atoms with Crippen LogP contribution in [0, 0.1) is 11.8 Å². The van der Waals surface area contributed by atoms with E-state index in [2.05, 4.69) is 16.0 Å². The summed E-state index contributed by atoms with van der Waals surface area (Å²) in [6, 6.07) is -1.32. The number of nitrogens with two attached hydrogens (primary N) is 1. The fourth-order valence-corrected chi connectivity index (χ4v) is 2.54. The van der Waals surface area contributed by atoms with E-state index in [-0.39, 0.29) is 35.6 Å². The van der Waals surface area contributed by atoms with Gasteiger partial charge in [-0.3, -0.25) is 9.59 Å². The standard InChI is InChI=1S/C18H36N4O3/c1-7-13(6)16(23)14(9-8-10-20-18(19)25)22-17(24)15(11(2)3)21-12(4)5/h11-15,21H,7-10H2,1-6H3,(H,22,24)(H3,19,20,25). The van der Waals surface area contributed by atoms with Crippen molar-refractivity contribution < 1.29 is 14.4 Å². The summed E-state index contributed by atoms with van der Waals surface area (Å²) in [5.74, 6) is -0.140. The van der Waals surface area contributed by atoms with Gasteiger partial charge in [-0.25, -0.2) is 4.79 Å². The molecule has 0 bridgehead atoms. The van der Waals surface area contributed by atoms with Crippen molar-refractivity contribution in [2.24, 2.45) is 17.6 Å². The molecule has 3 amide bonds. The van der Waals surface area contributed by atoms with Crippen molar-refractivity contribution in [3.05, 3.63) is 0 Å². The lowest BCUT2D eigenvalue weighted by Crippen LogP contribution is -2.54. The van der Waals surface area contributed by atoms with Gasteiger partial charge in [0.15, 0.2) is 5.78 Å². The molecule has 146 valence electrons. The van der Waals surface area contributed by atoms with Gasteiger partial charge >= 0.3 is 6.03 Å². The molecular weight excluding hydrogens is 320 g/mol. The van der Waals surface area contributed by atoms with Crippen LogP contribution in [0.2, 0.25) is 0 Å². The molecule has 7 heteroatoms. The fraction of sp³-hybridized carbons (Fsp3) is 0.833. The van der Waals surface area contributed by atoms with Gasteiger partial charge in [-0.2, -0.15) is 0 Å². The van der Waals surface area contributed by atoms with Gasteiger partial charge < -0.3 is 21.7 Å². The highest BCUT2D eigenvalue weighted by atomic mass is 16.2. The van der Waals surface area contributed by atoms with Crippen LogP contribution in [-0.4, -0.2) is 42.4 Å². The molecule has 0 aromatic carbocycles. The van der Waals surface area contributed by atoms with Crippen LogP contribution >= 0.6 is 0 Å². The number of rotatable bonds is 12. The van der Waals surface area contributed by atoms with Crippen molar-refractivity contribution in [1.82, 2.24) is 16.0 Å². The summed E-state index contributed by atoms with van der Waals surface area (Å²) in [5.41, 5.74) is 5.04. The highest BCUT2D eigenvalue weighted by molar-refractivity contribution is 5.92. The predicted molar refractivity (Wildman–Crippen MR) is 100 cm³/mol. The minimum absolute atomic E-state index is 0.0296. The normalized spacial score (nSPS) is 14.9. The lowest BCUT2D eigenvalue weighted by Gasteiger charge is -2.27. The Morgan fingerprint density at radius 2 is 1.64 bits per heavy atom. The van der Waals surface area contributed by atoms with Crippen molar-refractivity contribution in [2.45, 2.75) is 78.9 Å². The van der Waals surface area contributed by atoms with Gasteiger partial charge in [0.05, 0.1) is 12.1 Å². The first kappa shape index (κ1) is 23.4. The van der Waals surface area contributed by atoms with Crippen molar-refractivity contribution in [2.75, 3.05) is 6.54 Å². The molecule has 0 rings (SSSR count). The molecule has 0 saturated heterocycles. The SMILES string of the molecule is CCC(C)C(=O)C(CCCNC(N)=O)NC(=O)C(NC(C)C)C(C)C. The average molecular weight is 357 g/mol. The quantitative estimate of drug-likeness (QED) is 0.397. The van der Waals surface area contributed by atoms with Crippen molar-refractivity contribution in [1.29, 1.82) is 0 Å². The first-order valence-electron chi connectivity index (χ1n) is 9.23. The van der Waals surface area contributed by atoms with E-state index in [0.717, 1.165) is 6.42 Å². The molecule has 0 aliphatic heterocycles. The number of primary amides is 1. The highest BCUT2D eigenvalue weighted by Crippen LogP contribution is 2.11. The molecule has 0 aliphatic rings. The average Bonchev–Trinajstić information content (AvgIpc) is 2.52. The molecule has 7 nitrogen and oxygen atoms in total. The van der Waals surface area contributed by atoms with Crippen LogP contribution in [0.4, 0.5) is 4.79 Å². The summed E-state index contributed by atoms with van der Waals surface area (Å²) in [6.07, 6.45) is 1.77. The van der Waals surface area contributed by atoms with Gasteiger partial charge in [-0.15, -0.1) is 0 Å². The van der Waals surface area contributed by atoms with E-state index in [1.807, 2.05) is 41.5 Å². The van der Waals surface area contributed by atoms with Gasteiger partial charge in [-0.05, 0) is 25.2 Å². The number of ketones is 1. The van der Waals surface area contributed by atoms with E-state index in [4.69, 9.17) is 5.73 Å². The fourth-order valence-electron chi connectivity index (χ4n) is 2.54. The maximum Gasteiger partial charge on any atom is 0.312 e. The molecule has 0 spiro atoms. The number of carbonyl (C=O) groups is 3. The van der Waals surface area contributed by atoms with Crippen LogP contribution in [0.3, 0.4) is 0 Å². The Morgan fingerprint density at radius 3 is 2.08 bits per heavy atom. The van der Waals surface area contributed by atoms with Gasteiger partial charge in [-0.1, -0.05) is 41.5 Å². The number of hydrogen-bond acceptors (Lipinski definition) is 4. The van der Waals surface area contributed by atoms with E-state index in [1.54, 1.807) is 0 Å². The van der Waals surface area contributed by atoms with Crippen molar-refractivity contribution >= 4 is 17.7 Å². The van der Waals surface area contributed by atoms with Gasteiger partial charge in [0.1, 0.15) is 0 Å². The number of carbonyl (C=O) groups excluding carboxylic acids is 3. The zero-order chi connectivity index (χ0) is 19.6. The van der Waals surface area contributed by atoms with Crippen LogP contribution in [0.15, 0.2) is 0 Å². The zero-order valence-corrected chi connectivity index (χ0v) is 16.5. The molecule has 0 heterocycles. The Hall–Kier alpha value is -1.63. The summed E-state index contributed by atoms with van der Waals surface area (Å²) in [6.45, 7) is 12.1. The first-order chi connectivity index (χ1) is 11.6. The van der Waals surface area contributed by atoms with Crippen LogP contribution in [0.1, 0.15) is 60.8 Å². The summed E-state index contributed by atoms with van der Waals surface area (Å²) in [4.78, 5) is 36.0. The number of amides is 3. The Kier molecular flexibility index (Phi) is 11.1. The minimum Gasteiger partial charge on any atom is -0.352 e. The third-order valence-corrected chi connectivity index (χ3v) is 4.19. The second kappa shape index (κ2) is 11.8. The van der Waals surface area contributed by atoms with E-state index in [9.17, 15) is 14.4 Å². The lowest BCUT2D eigenvalue weighted by atomic mass is 9.93. The summed E-state index contributed by atoms with van der Waals surface area (Å²) < 4.78 is 0. The molecule has 0 aliphatic carbocycles. The van der Waals surface area contributed by atoms with E-state index < -0.39 is 12.1 Å². The second-order valence-electron chi connectivity index (χ2n) is 7.25. The largest absolute Gasteiger partial charge is 0.352 e. The Labute approximate surface area is 151 Å². The summed E-state index contributed by atoms with van der Waals surface area (Å²) >= 11 is 0. The molecule has 0 saturated carbocycles. The van der Waals surface area contributed by atoms with Gasteiger partial charge in [0.25, 0.3) is 0 Å². The zero-order valence-electron chi connectivity index (χ0n) is 16.5. The Bertz CT molecular complexity index is 438. The maximum absolute atomic E-state index is 12.7. The monoisotopic (exact) mass is 356 g/mol. The van der Waals surface area contributed by atoms with E-state index in [1.165, 1.54) is 0 Å². The predicted octanol–water partition coefficient (Wildman–Crippen LogP) is 1.56. The molecule has 3 unspecified atom stereocenters. The van der Waals surface area contributed by atoms with Crippen LogP contribution in [-0.2, 0) is 9.59 Å². The smallest absolute Gasteiger partial charge is 0.312 e. The lowest BCUT2D eigenvalue weighted by molar-refractivity contribution is -0.131. The molecule has 3 atom stereocenters. The Morgan fingerprint density at radius 1 is 1.04 bits per heavy atom. The third-order valence-electron chi connectivity index (χ3n) is 4.19. The summed E-state index contributed by atoms with van der Waals surface area (Å²) in [7, 11) is 0. The van der Waals surface area contributed by atoms with E-state index >= 15 is 0 Å². The third kappa shape index (κ3) is 9.43. The number of Topliss-reactive ketones (excluding diaryl/α,β-unsaturated/α-hetero) is 1. The van der Waals surface area contributed by atoms with Crippen molar-refractivity contribution in [3.8, 4) is 0 Å². The topological polar surface area (TPSA) is 113 Å². The molecule has 5 N–H and O–H groups in total. The number of urea groups is 1. The first-order valence-corrected chi connectivity index (χ1v) is 9.23. The number of hydrogen-bond donors (Lipinski definition) is 4.